The molecule has 0 saturated heterocycles. The smallest absolute Gasteiger partial charge is 0.296 e. The van der Waals surface area contributed by atoms with Gasteiger partial charge in [-0.15, -0.1) is 4.58 Å². The van der Waals surface area contributed by atoms with Crippen LogP contribution in [0.1, 0.15) is 0 Å². The van der Waals surface area contributed by atoms with Crippen molar-refractivity contribution in [2.24, 2.45) is 0 Å². The summed E-state index contributed by atoms with van der Waals surface area (Å²) in [6.07, 6.45) is 5.14. The third-order valence-electron chi connectivity index (χ3n) is 1.18. The van der Waals surface area contributed by atoms with Crippen LogP contribution < -0.4 is 0 Å². The monoisotopic (exact) mass is 152 g/mol. The number of rotatable bonds is 5. The highest BCUT2D eigenvalue weighted by Gasteiger charge is 2.14. The summed E-state index contributed by atoms with van der Waals surface area (Å²) in [6.45, 7) is 7.13. The van der Waals surface area contributed by atoms with Crippen molar-refractivity contribution in [3.8, 4) is 0 Å². The topological polar surface area (TPSA) is 37.1 Å². The minimum Gasteiger partial charge on any atom is -0.296 e. The molecule has 0 aromatic heterocycles. The van der Waals surface area contributed by atoms with Crippen LogP contribution in [0.3, 0.4) is 0 Å². The Labute approximate surface area is 65.3 Å². The molecule has 0 aromatic carbocycles. The van der Waals surface area contributed by atoms with Crippen molar-refractivity contribution in [1.82, 2.24) is 0 Å². The van der Waals surface area contributed by atoms with Gasteiger partial charge < -0.3 is 0 Å². The first-order valence-electron chi connectivity index (χ1n) is 3.13. The van der Waals surface area contributed by atoms with Crippen LogP contribution in [-0.2, 0) is 9.59 Å². The molecule has 0 radical (unpaired) electrons. The van der Waals surface area contributed by atoms with Crippen LogP contribution in [0.15, 0.2) is 25.3 Å². The third-order valence-corrected chi connectivity index (χ3v) is 1.18. The Kier molecular flexibility index (Phi) is 4.61. The van der Waals surface area contributed by atoms with E-state index >= 15 is 0 Å². The average Bonchev–Trinajstić information content (AvgIpc) is 2.05. The fourth-order valence-corrected chi connectivity index (χ4v) is 0.615. The van der Waals surface area contributed by atoms with E-state index in [0.717, 1.165) is 0 Å². The van der Waals surface area contributed by atoms with Gasteiger partial charge >= 0.3 is 6.08 Å². The van der Waals surface area contributed by atoms with Crippen LogP contribution >= 0.6 is 0 Å². The van der Waals surface area contributed by atoms with Crippen molar-refractivity contribution in [1.29, 1.82) is 0 Å². The highest BCUT2D eigenvalue weighted by molar-refractivity contribution is 5.59. The van der Waals surface area contributed by atoms with Crippen LogP contribution in [-0.4, -0.2) is 29.5 Å². The van der Waals surface area contributed by atoms with E-state index < -0.39 is 6.04 Å². The second-order valence-corrected chi connectivity index (χ2v) is 1.89. The quantitative estimate of drug-likeness (QED) is 0.186. The molecule has 0 aliphatic rings. The summed E-state index contributed by atoms with van der Waals surface area (Å²) in [4.78, 5) is 20.5. The Bertz CT molecular complexity index is 206. The summed E-state index contributed by atoms with van der Waals surface area (Å²) >= 11 is 0. The lowest BCUT2D eigenvalue weighted by molar-refractivity contribution is -0.526. The first kappa shape index (κ1) is 9.53. The Morgan fingerprint density at radius 1 is 1.55 bits per heavy atom. The largest absolute Gasteiger partial charge is 0.425 e. The number of isocyanates is 1. The zero-order valence-corrected chi connectivity index (χ0v) is 6.19. The average molecular weight is 152 g/mol. The van der Waals surface area contributed by atoms with E-state index in [0.29, 0.717) is 12.8 Å². The van der Waals surface area contributed by atoms with Crippen molar-refractivity contribution < 1.29 is 14.2 Å². The summed E-state index contributed by atoms with van der Waals surface area (Å²) in [5.74, 6) is 0. The van der Waals surface area contributed by atoms with Crippen molar-refractivity contribution >= 4 is 12.4 Å². The van der Waals surface area contributed by atoms with E-state index in [1.807, 2.05) is 0 Å². The maximum Gasteiger partial charge on any atom is 0.425 e. The summed E-state index contributed by atoms with van der Waals surface area (Å²) in [5, 5.41) is 0. The summed E-state index contributed by atoms with van der Waals surface area (Å²) < 4.78 is 1.17. The van der Waals surface area contributed by atoms with Crippen LogP contribution in [0.5, 0.6) is 0 Å². The molecule has 3 heteroatoms. The van der Waals surface area contributed by atoms with Gasteiger partial charge in [0, 0.05) is 0 Å². The first-order chi connectivity index (χ1) is 5.29. The van der Waals surface area contributed by atoms with Gasteiger partial charge in [0.15, 0.2) is 12.8 Å². The van der Waals surface area contributed by atoms with Gasteiger partial charge in [0.1, 0.15) is 0 Å². The van der Waals surface area contributed by atoms with Crippen molar-refractivity contribution in [3.63, 3.8) is 0 Å². The van der Waals surface area contributed by atoms with E-state index in [-0.39, 0.29) is 0 Å². The SMILES string of the molecule is C=CC[N+](=C=O)C(C=C)C=O. The zero-order chi connectivity index (χ0) is 8.69. The van der Waals surface area contributed by atoms with Gasteiger partial charge in [-0.2, -0.15) is 4.79 Å². The molecule has 0 heterocycles. The molecule has 0 aliphatic heterocycles. The standard InChI is InChI=1S/C8H10NO2/c1-3-5-9(7-11)8(4-2)6-10/h3-4,6,8H,1-2,5H2/q+1. The van der Waals surface area contributed by atoms with E-state index in [2.05, 4.69) is 13.2 Å². The molecule has 1 atom stereocenters. The Balaban J connectivity index is 4.46. The lowest BCUT2D eigenvalue weighted by Gasteiger charge is -1.96. The molecular weight excluding hydrogens is 142 g/mol. The zero-order valence-electron chi connectivity index (χ0n) is 6.19. The van der Waals surface area contributed by atoms with Gasteiger partial charge in [-0.25, -0.2) is 0 Å². The third kappa shape index (κ3) is 2.74. The summed E-state index contributed by atoms with van der Waals surface area (Å²) in [6, 6.07) is -0.592. The number of hydrogen-bond acceptors (Lipinski definition) is 2. The minimum atomic E-state index is -0.592. The summed E-state index contributed by atoms with van der Waals surface area (Å²) in [7, 11) is 0. The maximum absolute atomic E-state index is 10.3. The minimum absolute atomic E-state index is 0.304. The van der Waals surface area contributed by atoms with Crippen LogP contribution in [0, 0.1) is 0 Å². The molecule has 3 nitrogen and oxygen atoms in total. The van der Waals surface area contributed by atoms with Gasteiger partial charge in [-0.05, 0) is 12.2 Å². The molecule has 0 saturated carbocycles. The Morgan fingerprint density at radius 2 is 2.18 bits per heavy atom. The second kappa shape index (κ2) is 5.33. The highest BCUT2D eigenvalue weighted by Crippen LogP contribution is 1.87. The van der Waals surface area contributed by atoms with E-state index in [1.165, 1.54) is 16.7 Å². The molecule has 0 aliphatic carbocycles. The molecule has 0 fully saturated rings. The molecule has 11 heavy (non-hydrogen) atoms. The second-order valence-electron chi connectivity index (χ2n) is 1.89. The van der Waals surface area contributed by atoms with Gasteiger partial charge in [-0.1, -0.05) is 13.2 Å². The van der Waals surface area contributed by atoms with E-state index in [9.17, 15) is 9.59 Å². The lowest BCUT2D eigenvalue weighted by Crippen LogP contribution is -2.25. The van der Waals surface area contributed by atoms with Gasteiger partial charge in [0.25, 0.3) is 0 Å². The molecule has 0 N–H and O–H groups in total. The van der Waals surface area contributed by atoms with Crippen LogP contribution in [0.4, 0.5) is 0 Å². The molecule has 0 aromatic rings. The van der Waals surface area contributed by atoms with Crippen LogP contribution in [0.25, 0.3) is 0 Å². The van der Waals surface area contributed by atoms with Crippen LogP contribution in [0.2, 0.25) is 0 Å². The molecule has 1 unspecified atom stereocenters. The van der Waals surface area contributed by atoms with Gasteiger partial charge in [0.05, 0.1) is 0 Å². The van der Waals surface area contributed by atoms with E-state index in [1.54, 1.807) is 6.08 Å². The first-order valence-corrected chi connectivity index (χ1v) is 3.13. The molecule has 58 valence electrons. The molecular formula is C8H10NO2+. The lowest BCUT2D eigenvalue weighted by atomic mass is 10.3. The normalized spacial score (nSPS) is 10.9. The van der Waals surface area contributed by atoms with Gasteiger partial charge in [0.2, 0.25) is 6.04 Å². The summed E-state index contributed by atoms with van der Waals surface area (Å²) in [5.41, 5.74) is 0. The predicted molar refractivity (Wildman–Crippen MR) is 41.1 cm³/mol. The number of carbonyl (C=O) groups is 1. The molecule has 0 spiro atoms. The van der Waals surface area contributed by atoms with Gasteiger partial charge in [-0.3, -0.25) is 4.79 Å². The number of hydrogen-bond donors (Lipinski definition) is 0. The van der Waals surface area contributed by atoms with E-state index in [4.69, 9.17) is 0 Å². The fraction of sp³-hybridized carbons (Fsp3) is 0.250. The Hall–Kier alpha value is -1.47. The van der Waals surface area contributed by atoms with Crippen molar-refractivity contribution in [2.75, 3.05) is 6.54 Å². The number of nitrogens with zero attached hydrogens (tertiary/aromatic N) is 1. The maximum atomic E-state index is 10.3. The number of carbonyl (C=O) groups excluding carboxylic acids is 2. The molecule has 0 bridgehead atoms. The fourth-order valence-electron chi connectivity index (χ4n) is 0.615. The molecule has 0 amide bonds. The predicted octanol–water partition coefficient (Wildman–Crippen LogP) is 0.274. The van der Waals surface area contributed by atoms with Crippen molar-refractivity contribution in [3.05, 3.63) is 25.3 Å². The molecule has 0 rings (SSSR count). The number of aldehydes is 1. The highest BCUT2D eigenvalue weighted by atomic mass is 16.1. The van der Waals surface area contributed by atoms with Crippen molar-refractivity contribution in [2.45, 2.75) is 6.04 Å². The Morgan fingerprint density at radius 3 is 2.45 bits per heavy atom.